The van der Waals surface area contributed by atoms with Gasteiger partial charge in [-0.15, -0.1) is 0 Å². The van der Waals surface area contributed by atoms with Crippen molar-refractivity contribution in [3.8, 4) is 0 Å². The lowest BCUT2D eigenvalue weighted by atomic mass is 10.0. The molecule has 1 aromatic carbocycles. The van der Waals surface area contributed by atoms with Gasteiger partial charge in [-0.3, -0.25) is 14.6 Å². The molecule has 0 bridgehead atoms. The number of amides is 2. The lowest BCUT2D eigenvalue weighted by Crippen LogP contribution is -2.47. The normalized spacial score (nSPS) is 15.0. The van der Waals surface area contributed by atoms with Gasteiger partial charge in [0, 0.05) is 42.1 Å². The summed E-state index contributed by atoms with van der Waals surface area (Å²) in [6.45, 7) is 1.32. The number of hydrogen-bond donors (Lipinski definition) is 1. The lowest BCUT2D eigenvalue weighted by molar-refractivity contribution is -0.131. The third-order valence-electron chi connectivity index (χ3n) is 4.39. The number of rotatable bonds is 4. The van der Waals surface area contributed by atoms with Gasteiger partial charge in [0.05, 0.1) is 6.42 Å². The van der Waals surface area contributed by atoms with Crippen LogP contribution in [-0.4, -0.2) is 40.8 Å². The van der Waals surface area contributed by atoms with Crippen molar-refractivity contribution in [3.05, 3.63) is 64.9 Å². The average Bonchev–Trinajstić information content (AvgIpc) is 2.65. The molecule has 6 heteroatoms. The second-order valence-corrected chi connectivity index (χ2v) is 6.60. The standard InChI is InChI=1S/C19H20ClN3O2/c20-16-3-1-14(2-4-16)13-18(24)23-11-7-17(8-12-23)22-19(25)15-5-9-21-10-6-15/h1-6,9-10,17H,7-8,11-13H2,(H,22,25). The van der Waals surface area contributed by atoms with Crippen LogP contribution in [0.25, 0.3) is 0 Å². The Bertz CT molecular complexity index is 726. The molecule has 1 aliphatic heterocycles. The first kappa shape index (κ1) is 17.4. The molecule has 0 unspecified atom stereocenters. The number of carbonyl (C=O) groups is 2. The van der Waals surface area contributed by atoms with Gasteiger partial charge < -0.3 is 10.2 Å². The molecule has 0 radical (unpaired) electrons. The van der Waals surface area contributed by atoms with E-state index >= 15 is 0 Å². The number of piperidine rings is 1. The molecule has 1 N–H and O–H groups in total. The summed E-state index contributed by atoms with van der Waals surface area (Å²) in [5.41, 5.74) is 1.57. The zero-order valence-corrected chi connectivity index (χ0v) is 14.6. The molecule has 0 atom stereocenters. The lowest BCUT2D eigenvalue weighted by Gasteiger charge is -2.32. The van der Waals surface area contributed by atoms with Crippen LogP contribution in [-0.2, 0) is 11.2 Å². The van der Waals surface area contributed by atoms with E-state index in [1.54, 1.807) is 36.7 Å². The van der Waals surface area contributed by atoms with Gasteiger partial charge in [0.1, 0.15) is 0 Å². The smallest absolute Gasteiger partial charge is 0.251 e. The summed E-state index contributed by atoms with van der Waals surface area (Å²) in [5, 5.41) is 3.70. The number of nitrogens with one attached hydrogen (secondary N) is 1. The van der Waals surface area contributed by atoms with Crippen molar-refractivity contribution in [1.29, 1.82) is 0 Å². The largest absolute Gasteiger partial charge is 0.349 e. The zero-order valence-electron chi connectivity index (χ0n) is 13.8. The summed E-state index contributed by atoms with van der Waals surface area (Å²) >= 11 is 5.87. The molecule has 2 aromatic rings. The summed E-state index contributed by atoms with van der Waals surface area (Å²) in [4.78, 5) is 30.3. The first-order valence-electron chi connectivity index (χ1n) is 8.35. The molecule has 2 heterocycles. The number of halogens is 1. The van der Waals surface area contributed by atoms with Crippen molar-refractivity contribution in [1.82, 2.24) is 15.2 Å². The van der Waals surface area contributed by atoms with Crippen molar-refractivity contribution in [2.24, 2.45) is 0 Å². The zero-order chi connectivity index (χ0) is 17.6. The van der Waals surface area contributed by atoms with E-state index in [0.29, 0.717) is 30.1 Å². The fraction of sp³-hybridized carbons (Fsp3) is 0.316. The summed E-state index contributed by atoms with van der Waals surface area (Å²) in [5.74, 6) is 0.0228. The number of benzene rings is 1. The molecule has 0 aliphatic carbocycles. The molecule has 25 heavy (non-hydrogen) atoms. The van der Waals surface area contributed by atoms with E-state index < -0.39 is 0 Å². The quantitative estimate of drug-likeness (QED) is 0.915. The van der Waals surface area contributed by atoms with Crippen LogP contribution in [0.5, 0.6) is 0 Å². The average molecular weight is 358 g/mol. The van der Waals surface area contributed by atoms with Crippen molar-refractivity contribution in [2.75, 3.05) is 13.1 Å². The van der Waals surface area contributed by atoms with E-state index in [1.165, 1.54) is 0 Å². The first-order valence-corrected chi connectivity index (χ1v) is 8.73. The van der Waals surface area contributed by atoms with Gasteiger partial charge in [-0.05, 0) is 42.7 Å². The summed E-state index contributed by atoms with van der Waals surface area (Å²) in [6.07, 6.45) is 5.12. The van der Waals surface area contributed by atoms with E-state index in [0.717, 1.165) is 18.4 Å². The number of pyridine rings is 1. The highest BCUT2D eigenvalue weighted by Gasteiger charge is 2.24. The molecule has 2 amide bonds. The van der Waals surface area contributed by atoms with Crippen LogP contribution in [0.1, 0.15) is 28.8 Å². The van der Waals surface area contributed by atoms with E-state index in [1.807, 2.05) is 17.0 Å². The maximum atomic E-state index is 12.4. The van der Waals surface area contributed by atoms with Crippen molar-refractivity contribution in [2.45, 2.75) is 25.3 Å². The van der Waals surface area contributed by atoms with Gasteiger partial charge in [-0.2, -0.15) is 0 Å². The molecule has 1 fully saturated rings. The number of nitrogens with zero attached hydrogens (tertiary/aromatic N) is 2. The van der Waals surface area contributed by atoms with E-state index in [9.17, 15) is 9.59 Å². The van der Waals surface area contributed by atoms with E-state index in [2.05, 4.69) is 10.3 Å². The SMILES string of the molecule is O=C(NC1CCN(C(=O)Cc2ccc(Cl)cc2)CC1)c1ccncc1. The monoisotopic (exact) mass is 357 g/mol. The Hall–Kier alpha value is -2.40. The highest BCUT2D eigenvalue weighted by Crippen LogP contribution is 2.15. The van der Waals surface area contributed by atoms with Gasteiger partial charge in [0.25, 0.3) is 5.91 Å². The van der Waals surface area contributed by atoms with Gasteiger partial charge in [0.15, 0.2) is 0 Å². The van der Waals surface area contributed by atoms with Crippen LogP contribution >= 0.6 is 11.6 Å². The predicted octanol–water partition coefficient (Wildman–Crippen LogP) is 2.70. The number of carbonyl (C=O) groups excluding carboxylic acids is 2. The summed E-state index contributed by atoms with van der Waals surface area (Å²) < 4.78 is 0. The van der Waals surface area contributed by atoms with Crippen molar-refractivity contribution in [3.63, 3.8) is 0 Å². The van der Waals surface area contributed by atoms with Crippen LogP contribution in [0, 0.1) is 0 Å². The fourth-order valence-corrected chi connectivity index (χ4v) is 3.06. The first-order chi connectivity index (χ1) is 12.1. The van der Waals surface area contributed by atoms with Gasteiger partial charge in [0.2, 0.25) is 5.91 Å². The highest BCUT2D eigenvalue weighted by molar-refractivity contribution is 6.30. The van der Waals surface area contributed by atoms with Crippen LogP contribution < -0.4 is 5.32 Å². The maximum absolute atomic E-state index is 12.4. The second-order valence-electron chi connectivity index (χ2n) is 6.17. The van der Waals surface area contributed by atoms with Crippen LogP contribution in [0.4, 0.5) is 0 Å². The van der Waals surface area contributed by atoms with E-state index in [4.69, 9.17) is 11.6 Å². The third kappa shape index (κ3) is 4.79. The van der Waals surface area contributed by atoms with Gasteiger partial charge >= 0.3 is 0 Å². The topological polar surface area (TPSA) is 62.3 Å². The predicted molar refractivity (Wildman–Crippen MR) is 96.5 cm³/mol. The second kappa shape index (κ2) is 8.12. The van der Waals surface area contributed by atoms with Crippen LogP contribution in [0.2, 0.25) is 5.02 Å². The molecule has 0 spiro atoms. The van der Waals surface area contributed by atoms with Gasteiger partial charge in [-0.25, -0.2) is 0 Å². The Kier molecular flexibility index (Phi) is 5.66. The summed E-state index contributed by atoms with van der Waals surface area (Å²) in [6, 6.07) is 10.8. The fourth-order valence-electron chi connectivity index (χ4n) is 2.93. The maximum Gasteiger partial charge on any atom is 0.251 e. The Morgan fingerprint density at radius 1 is 1.08 bits per heavy atom. The Balaban J connectivity index is 1.47. The molecule has 3 rings (SSSR count). The van der Waals surface area contributed by atoms with Gasteiger partial charge in [-0.1, -0.05) is 23.7 Å². The third-order valence-corrected chi connectivity index (χ3v) is 4.65. The molecule has 5 nitrogen and oxygen atoms in total. The molecule has 1 saturated heterocycles. The molecule has 1 aliphatic rings. The molecule has 0 saturated carbocycles. The molecular formula is C19H20ClN3O2. The molecule has 130 valence electrons. The minimum absolute atomic E-state index is 0.0895. The van der Waals surface area contributed by atoms with E-state index in [-0.39, 0.29) is 17.9 Å². The highest BCUT2D eigenvalue weighted by atomic mass is 35.5. The molecular weight excluding hydrogens is 338 g/mol. The van der Waals surface area contributed by atoms with Crippen molar-refractivity contribution < 1.29 is 9.59 Å². The Morgan fingerprint density at radius 2 is 1.72 bits per heavy atom. The molecule has 1 aromatic heterocycles. The Labute approximate surface area is 152 Å². The number of likely N-dealkylation sites (tertiary alicyclic amines) is 1. The summed E-state index contributed by atoms with van der Waals surface area (Å²) in [7, 11) is 0. The number of hydrogen-bond acceptors (Lipinski definition) is 3. The van der Waals surface area contributed by atoms with Crippen LogP contribution in [0.3, 0.4) is 0 Å². The number of aromatic nitrogens is 1. The van der Waals surface area contributed by atoms with Crippen LogP contribution in [0.15, 0.2) is 48.8 Å². The minimum Gasteiger partial charge on any atom is -0.349 e. The Morgan fingerprint density at radius 3 is 2.36 bits per heavy atom. The van der Waals surface area contributed by atoms with Crippen molar-refractivity contribution >= 4 is 23.4 Å². The minimum atomic E-state index is -0.0895.